The van der Waals surface area contributed by atoms with Crippen LogP contribution in [0.4, 0.5) is 0 Å². The molecule has 1 aromatic carbocycles. The van der Waals surface area contributed by atoms with Crippen LogP contribution in [-0.2, 0) is 16.8 Å². The first kappa shape index (κ1) is 14.6. The van der Waals surface area contributed by atoms with Crippen molar-refractivity contribution >= 4 is 11.9 Å². The van der Waals surface area contributed by atoms with E-state index in [9.17, 15) is 4.79 Å². The number of aliphatic imine (C=N–C) groups is 1. The summed E-state index contributed by atoms with van der Waals surface area (Å²) in [7, 11) is 1.71. The largest absolute Gasteiger partial charge is 0.369 e. The van der Waals surface area contributed by atoms with Gasteiger partial charge in [0.25, 0.3) is 5.91 Å². The van der Waals surface area contributed by atoms with Gasteiger partial charge in [-0.15, -0.1) is 0 Å². The van der Waals surface area contributed by atoms with Crippen molar-refractivity contribution in [3.05, 3.63) is 48.0 Å². The zero-order valence-corrected chi connectivity index (χ0v) is 14.2. The van der Waals surface area contributed by atoms with Crippen molar-refractivity contribution in [1.29, 1.82) is 0 Å². The van der Waals surface area contributed by atoms with Gasteiger partial charge in [-0.25, -0.2) is 15.0 Å². The van der Waals surface area contributed by atoms with Gasteiger partial charge in [-0.2, -0.15) is 0 Å². The Labute approximate surface area is 145 Å². The van der Waals surface area contributed by atoms with Gasteiger partial charge >= 0.3 is 0 Å². The van der Waals surface area contributed by atoms with Crippen molar-refractivity contribution < 1.29 is 4.79 Å². The average molecular weight is 333 g/mol. The van der Waals surface area contributed by atoms with Gasteiger partial charge in [0.2, 0.25) is 0 Å². The summed E-state index contributed by atoms with van der Waals surface area (Å²) in [4.78, 5) is 27.6. The highest BCUT2D eigenvalue weighted by Gasteiger charge is 2.70. The van der Waals surface area contributed by atoms with E-state index in [0.29, 0.717) is 5.96 Å². The van der Waals surface area contributed by atoms with Gasteiger partial charge in [-0.3, -0.25) is 9.69 Å². The minimum Gasteiger partial charge on any atom is -0.369 e. The maximum absolute atomic E-state index is 13.2. The molecule has 2 aliphatic carbocycles. The molecule has 2 aromatic rings. The number of aromatic nitrogens is 2. The molecule has 3 atom stereocenters. The Morgan fingerprint density at radius 3 is 2.68 bits per heavy atom. The molecule has 2 heterocycles. The second-order valence-electron chi connectivity index (χ2n) is 7.69. The number of nitrogens with zero attached hydrogens (tertiary/aromatic N) is 4. The summed E-state index contributed by atoms with van der Waals surface area (Å²) >= 11 is 0. The summed E-state index contributed by atoms with van der Waals surface area (Å²) in [6.07, 6.45) is 7.06. The molecule has 1 aromatic heterocycles. The molecule has 5 rings (SSSR count). The van der Waals surface area contributed by atoms with E-state index in [1.165, 1.54) is 16.8 Å². The Morgan fingerprint density at radius 2 is 2.00 bits per heavy atom. The van der Waals surface area contributed by atoms with Crippen LogP contribution >= 0.6 is 0 Å². The second kappa shape index (κ2) is 4.45. The lowest BCUT2D eigenvalue weighted by molar-refractivity contribution is -0.132. The molecular weight excluding hydrogens is 314 g/mol. The Kier molecular flexibility index (Phi) is 2.59. The highest BCUT2D eigenvalue weighted by Crippen LogP contribution is 2.68. The topological polar surface area (TPSA) is 84.5 Å². The number of nitrogens with two attached hydrogens (primary N) is 1. The van der Waals surface area contributed by atoms with Crippen LogP contribution in [0, 0.1) is 11.3 Å². The number of guanidine groups is 1. The van der Waals surface area contributed by atoms with Gasteiger partial charge in [-0.1, -0.05) is 19.1 Å². The van der Waals surface area contributed by atoms with Crippen LogP contribution < -0.4 is 5.73 Å². The fraction of sp³-hybridized carbons (Fsp3) is 0.368. The number of rotatable bonds is 1. The zero-order chi connectivity index (χ0) is 17.4. The van der Waals surface area contributed by atoms with E-state index < -0.39 is 5.54 Å². The fourth-order valence-electron chi connectivity index (χ4n) is 4.66. The summed E-state index contributed by atoms with van der Waals surface area (Å²) in [5.74, 6) is 0.507. The average Bonchev–Trinajstić information content (AvgIpc) is 3.26. The summed E-state index contributed by atoms with van der Waals surface area (Å²) in [6, 6.07) is 6.28. The number of fused-ring (bicyclic) bond motifs is 4. The van der Waals surface area contributed by atoms with Crippen LogP contribution in [0.2, 0.25) is 0 Å². The van der Waals surface area contributed by atoms with Crippen LogP contribution in [-0.4, -0.2) is 33.8 Å². The quantitative estimate of drug-likeness (QED) is 0.861. The molecule has 2 N–H and O–H groups in total. The minimum absolute atomic E-state index is 0.0128. The van der Waals surface area contributed by atoms with Crippen LogP contribution in [0.25, 0.3) is 11.1 Å². The molecule has 0 bridgehead atoms. The van der Waals surface area contributed by atoms with Gasteiger partial charge in [0.1, 0.15) is 6.33 Å². The van der Waals surface area contributed by atoms with Gasteiger partial charge in [0.15, 0.2) is 11.5 Å². The molecule has 1 aliphatic heterocycles. The predicted molar refractivity (Wildman–Crippen MR) is 93.5 cm³/mol. The second-order valence-corrected chi connectivity index (χ2v) is 7.69. The van der Waals surface area contributed by atoms with E-state index in [1.807, 2.05) is 0 Å². The Bertz CT molecular complexity index is 940. The molecule has 6 nitrogen and oxygen atoms in total. The molecule has 126 valence electrons. The van der Waals surface area contributed by atoms with E-state index in [1.54, 1.807) is 19.4 Å². The summed E-state index contributed by atoms with van der Waals surface area (Å²) in [5, 5.41) is 0. The number of hydrogen-bond donors (Lipinski definition) is 1. The number of hydrogen-bond acceptors (Lipinski definition) is 5. The molecule has 2 unspecified atom stereocenters. The van der Waals surface area contributed by atoms with E-state index in [2.05, 4.69) is 35.1 Å². The fourth-order valence-corrected chi connectivity index (χ4v) is 4.66. The zero-order valence-electron chi connectivity index (χ0n) is 14.2. The molecule has 6 heteroatoms. The van der Waals surface area contributed by atoms with E-state index in [0.717, 1.165) is 29.5 Å². The highest BCUT2D eigenvalue weighted by atomic mass is 16.2. The molecule has 1 spiro atoms. The van der Waals surface area contributed by atoms with E-state index in [-0.39, 0.29) is 17.2 Å². The Balaban J connectivity index is 1.74. The van der Waals surface area contributed by atoms with Gasteiger partial charge in [0.05, 0.1) is 0 Å². The van der Waals surface area contributed by atoms with Gasteiger partial charge in [0, 0.05) is 30.9 Å². The van der Waals surface area contributed by atoms with Crippen LogP contribution in [0.5, 0.6) is 0 Å². The molecular formula is C19H19N5O. The predicted octanol–water partition coefficient (Wildman–Crippen LogP) is 1.71. The number of carbonyl (C=O) groups excluding carboxylic acids is 1. The van der Waals surface area contributed by atoms with Gasteiger partial charge in [-0.05, 0) is 41.0 Å². The summed E-state index contributed by atoms with van der Waals surface area (Å²) in [6.45, 7) is 2.25. The van der Waals surface area contributed by atoms with Crippen molar-refractivity contribution in [1.82, 2.24) is 14.9 Å². The number of amides is 1. The molecule has 1 amide bonds. The number of benzene rings is 1. The molecule has 1 fully saturated rings. The lowest BCUT2D eigenvalue weighted by Gasteiger charge is -2.35. The number of likely N-dealkylation sites (N-methyl/N-ethyl adjacent to an activating group) is 1. The van der Waals surface area contributed by atoms with E-state index in [4.69, 9.17) is 10.7 Å². The van der Waals surface area contributed by atoms with Crippen LogP contribution in [0.3, 0.4) is 0 Å². The third kappa shape index (κ3) is 1.74. The highest BCUT2D eigenvalue weighted by molar-refractivity contribution is 6.08. The summed E-state index contributed by atoms with van der Waals surface area (Å²) < 4.78 is 0. The maximum Gasteiger partial charge on any atom is 0.262 e. The first-order chi connectivity index (χ1) is 12.0. The van der Waals surface area contributed by atoms with Crippen LogP contribution in [0.15, 0.2) is 41.9 Å². The summed E-state index contributed by atoms with van der Waals surface area (Å²) in [5.41, 5.74) is 9.42. The normalized spacial score (nSPS) is 32.4. The Hall–Kier alpha value is -2.76. The first-order valence-corrected chi connectivity index (χ1v) is 8.48. The number of carbonyl (C=O) groups is 1. The lowest BCUT2D eigenvalue weighted by atomic mass is 9.71. The minimum atomic E-state index is -0.868. The maximum atomic E-state index is 13.2. The molecule has 25 heavy (non-hydrogen) atoms. The van der Waals surface area contributed by atoms with Crippen molar-refractivity contribution in [3.63, 3.8) is 0 Å². The molecule has 1 saturated carbocycles. The first-order valence-electron chi connectivity index (χ1n) is 8.48. The molecule has 0 saturated heterocycles. The molecule has 3 aliphatic rings. The molecule has 0 radical (unpaired) electrons. The van der Waals surface area contributed by atoms with Crippen LogP contribution in [0.1, 0.15) is 24.5 Å². The Morgan fingerprint density at radius 1 is 1.24 bits per heavy atom. The third-order valence-electron chi connectivity index (χ3n) is 6.13. The van der Waals surface area contributed by atoms with Crippen molar-refractivity contribution in [2.75, 3.05) is 7.05 Å². The van der Waals surface area contributed by atoms with Crippen molar-refractivity contribution in [3.8, 4) is 11.1 Å². The van der Waals surface area contributed by atoms with Gasteiger partial charge < -0.3 is 5.73 Å². The standard InChI is InChI=1S/C19H19N5O/c1-18-6-12-4-3-11(13-8-21-10-22-9-13)5-14(12)19(15(18)7-18)16(25)24(2)17(20)23-19/h3-5,8-10,15H,6-7H2,1-2H3,(H2,20,23)/t15?,18?,19-/m0/s1. The lowest BCUT2D eigenvalue weighted by Crippen LogP contribution is -2.45. The van der Waals surface area contributed by atoms with Crippen molar-refractivity contribution in [2.45, 2.75) is 25.3 Å². The monoisotopic (exact) mass is 333 g/mol. The third-order valence-corrected chi connectivity index (χ3v) is 6.13. The smallest absolute Gasteiger partial charge is 0.262 e. The SMILES string of the molecule is CN1C(=O)[C@]2(N=C1N)c1cc(-c3cncnc3)ccc1CC1(C)CC12. The van der Waals surface area contributed by atoms with E-state index >= 15 is 0 Å². The van der Waals surface area contributed by atoms with Crippen molar-refractivity contribution in [2.24, 2.45) is 22.1 Å².